The van der Waals surface area contributed by atoms with Gasteiger partial charge in [-0.1, -0.05) is 13.8 Å². The summed E-state index contributed by atoms with van der Waals surface area (Å²) in [5, 5.41) is 0.598. The molecule has 10 heavy (non-hydrogen) atoms. The van der Waals surface area contributed by atoms with Gasteiger partial charge < -0.3 is 0 Å². The number of carbonyl (C=O) groups is 1. The maximum Gasteiger partial charge on any atom is 0.134 e. The predicted octanol–water partition coefficient (Wildman–Crippen LogP) is 2.11. The van der Waals surface area contributed by atoms with Gasteiger partial charge in [-0.25, -0.2) is 0 Å². The molecule has 1 nitrogen and oxygen atoms in total. The van der Waals surface area contributed by atoms with Gasteiger partial charge in [0.2, 0.25) is 0 Å². The second kappa shape index (κ2) is 3.42. The molecule has 0 aromatic heterocycles. The molecule has 2 heteroatoms. The molecule has 0 spiro atoms. The van der Waals surface area contributed by atoms with E-state index in [1.165, 1.54) is 0 Å². The molecule has 0 unspecified atom stereocenters. The summed E-state index contributed by atoms with van der Waals surface area (Å²) in [4.78, 5) is 11.0. The number of thioether (sulfide) groups is 1. The van der Waals surface area contributed by atoms with Crippen molar-refractivity contribution in [3.63, 3.8) is 0 Å². The number of hydrogen-bond donors (Lipinski definition) is 0. The van der Waals surface area contributed by atoms with Crippen molar-refractivity contribution < 1.29 is 4.79 Å². The SMILES string of the molecule is CC(C)[C@H]1CC(=O)CCS1. The van der Waals surface area contributed by atoms with Gasteiger partial charge in [-0.05, 0) is 5.92 Å². The van der Waals surface area contributed by atoms with Crippen molar-refractivity contribution in [2.45, 2.75) is 31.9 Å². The fourth-order valence-corrected chi connectivity index (χ4v) is 2.47. The van der Waals surface area contributed by atoms with Crippen molar-refractivity contribution in [3.8, 4) is 0 Å². The summed E-state index contributed by atoms with van der Waals surface area (Å²) < 4.78 is 0. The Balaban J connectivity index is 2.39. The van der Waals surface area contributed by atoms with Gasteiger partial charge in [0.25, 0.3) is 0 Å². The van der Waals surface area contributed by atoms with Crippen molar-refractivity contribution in [2.75, 3.05) is 5.75 Å². The first kappa shape index (κ1) is 8.12. The minimum absolute atomic E-state index is 0.456. The van der Waals surface area contributed by atoms with Crippen molar-refractivity contribution in [1.82, 2.24) is 0 Å². The molecule has 0 amide bonds. The molecule has 0 aromatic carbocycles. The molecular formula is C8H14OS. The van der Waals surface area contributed by atoms with Gasteiger partial charge in [0.05, 0.1) is 0 Å². The minimum Gasteiger partial charge on any atom is -0.300 e. The lowest BCUT2D eigenvalue weighted by Gasteiger charge is -2.23. The van der Waals surface area contributed by atoms with Crippen LogP contribution in [0.15, 0.2) is 0 Å². The van der Waals surface area contributed by atoms with E-state index in [-0.39, 0.29) is 0 Å². The largest absolute Gasteiger partial charge is 0.300 e. The topological polar surface area (TPSA) is 17.1 Å². The van der Waals surface area contributed by atoms with E-state index in [0.29, 0.717) is 17.0 Å². The number of hydrogen-bond acceptors (Lipinski definition) is 2. The van der Waals surface area contributed by atoms with Gasteiger partial charge >= 0.3 is 0 Å². The molecule has 0 radical (unpaired) electrons. The first-order valence-electron chi connectivity index (χ1n) is 3.83. The molecule has 0 aliphatic carbocycles. The van der Waals surface area contributed by atoms with Crippen LogP contribution in [0.4, 0.5) is 0 Å². The third-order valence-electron chi connectivity index (χ3n) is 1.89. The van der Waals surface area contributed by atoms with Crippen LogP contribution < -0.4 is 0 Å². The maximum atomic E-state index is 11.0. The van der Waals surface area contributed by atoms with Crippen LogP contribution in [-0.2, 0) is 4.79 Å². The molecule has 1 rings (SSSR count). The molecule has 0 bridgehead atoms. The molecule has 1 heterocycles. The Kier molecular flexibility index (Phi) is 2.78. The van der Waals surface area contributed by atoms with Gasteiger partial charge in [-0.15, -0.1) is 0 Å². The molecular weight excluding hydrogens is 144 g/mol. The van der Waals surface area contributed by atoms with Crippen LogP contribution in [0.25, 0.3) is 0 Å². The fraction of sp³-hybridized carbons (Fsp3) is 0.875. The Morgan fingerprint density at radius 2 is 2.30 bits per heavy atom. The predicted molar refractivity (Wildman–Crippen MR) is 45.3 cm³/mol. The Labute approximate surface area is 66.6 Å². The van der Waals surface area contributed by atoms with Gasteiger partial charge in [0, 0.05) is 23.8 Å². The zero-order valence-corrected chi connectivity index (χ0v) is 7.41. The Bertz CT molecular complexity index is 131. The summed E-state index contributed by atoms with van der Waals surface area (Å²) >= 11 is 1.95. The first-order valence-corrected chi connectivity index (χ1v) is 4.88. The summed E-state index contributed by atoms with van der Waals surface area (Å²) in [6.07, 6.45) is 1.61. The first-order chi connectivity index (χ1) is 4.70. The molecule has 0 N–H and O–H groups in total. The monoisotopic (exact) mass is 158 g/mol. The van der Waals surface area contributed by atoms with Gasteiger partial charge in [0.15, 0.2) is 0 Å². The minimum atomic E-state index is 0.456. The zero-order valence-electron chi connectivity index (χ0n) is 6.59. The zero-order chi connectivity index (χ0) is 7.56. The van der Waals surface area contributed by atoms with E-state index in [0.717, 1.165) is 18.6 Å². The average Bonchev–Trinajstić information content (AvgIpc) is 1.88. The Morgan fingerprint density at radius 1 is 1.60 bits per heavy atom. The maximum absolute atomic E-state index is 11.0. The van der Waals surface area contributed by atoms with Crippen molar-refractivity contribution >= 4 is 17.5 Å². The van der Waals surface area contributed by atoms with Crippen LogP contribution in [0, 0.1) is 5.92 Å². The van der Waals surface area contributed by atoms with E-state index in [9.17, 15) is 4.79 Å². The van der Waals surface area contributed by atoms with E-state index in [4.69, 9.17) is 0 Å². The molecule has 1 aliphatic rings. The molecule has 1 fully saturated rings. The van der Waals surface area contributed by atoms with E-state index in [2.05, 4.69) is 13.8 Å². The third kappa shape index (κ3) is 2.01. The van der Waals surface area contributed by atoms with Crippen LogP contribution in [0.1, 0.15) is 26.7 Å². The number of rotatable bonds is 1. The Morgan fingerprint density at radius 3 is 2.70 bits per heavy atom. The lowest BCUT2D eigenvalue weighted by molar-refractivity contribution is -0.119. The number of carbonyl (C=O) groups excluding carboxylic acids is 1. The average molecular weight is 158 g/mol. The summed E-state index contributed by atoms with van der Waals surface area (Å²) in [6.45, 7) is 4.38. The quantitative estimate of drug-likeness (QED) is 0.581. The second-order valence-electron chi connectivity index (χ2n) is 3.15. The molecule has 1 saturated heterocycles. The molecule has 1 atom stereocenters. The lowest BCUT2D eigenvalue weighted by Crippen LogP contribution is -2.22. The highest BCUT2D eigenvalue weighted by Gasteiger charge is 2.21. The van der Waals surface area contributed by atoms with E-state index in [1.807, 2.05) is 11.8 Å². The summed E-state index contributed by atoms with van der Waals surface area (Å²) in [6, 6.07) is 0. The fourth-order valence-electron chi connectivity index (χ4n) is 1.14. The number of Topliss-reactive ketones (excluding diaryl/α,β-unsaturated/α-hetero) is 1. The molecule has 58 valence electrons. The second-order valence-corrected chi connectivity index (χ2v) is 4.49. The highest BCUT2D eigenvalue weighted by Crippen LogP contribution is 2.28. The van der Waals surface area contributed by atoms with Gasteiger partial charge in [0.1, 0.15) is 5.78 Å². The summed E-state index contributed by atoms with van der Waals surface area (Å²) in [5.74, 6) is 2.16. The smallest absolute Gasteiger partial charge is 0.134 e. The molecule has 0 saturated carbocycles. The van der Waals surface area contributed by atoms with Crippen molar-refractivity contribution in [2.24, 2.45) is 5.92 Å². The highest BCUT2D eigenvalue weighted by molar-refractivity contribution is 8.00. The van der Waals surface area contributed by atoms with Crippen LogP contribution in [0.5, 0.6) is 0 Å². The van der Waals surface area contributed by atoms with E-state index < -0.39 is 0 Å². The van der Waals surface area contributed by atoms with E-state index >= 15 is 0 Å². The number of ketones is 1. The van der Waals surface area contributed by atoms with Crippen LogP contribution in [0.3, 0.4) is 0 Å². The molecule has 1 aliphatic heterocycles. The lowest BCUT2D eigenvalue weighted by atomic mass is 10.0. The standard InChI is InChI=1S/C8H14OS/c1-6(2)8-5-7(9)3-4-10-8/h6,8H,3-5H2,1-2H3/t8-/m1/s1. The summed E-state index contributed by atoms with van der Waals surface area (Å²) in [7, 11) is 0. The third-order valence-corrected chi connectivity index (χ3v) is 3.46. The van der Waals surface area contributed by atoms with Crippen molar-refractivity contribution in [3.05, 3.63) is 0 Å². The van der Waals surface area contributed by atoms with E-state index in [1.54, 1.807) is 0 Å². The van der Waals surface area contributed by atoms with Crippen LogP contribution in [-0.4, -0.2) is 16.8 Å². The normalized spacial score (nSPS) is 27.5. The van der Waals surface area contributed by atoms with Crippen LogP contribution >= 0.6 is 11.8 Å². The van der Waals surface area contributed by atoms with Crippen molar-refractivity contribution in [1.29, 1.82) is 0 Å². The summed E-state index contributed by atoms with van der Waals surface area (Å²) in [5.41, 5.74) is 0. The van der Waals surface area contributed by atoms with Crippen LogP contribution in [0.2, 0.25) is 0 Å². The van der Waals surface area contributed by atoms with Gasteiger partial charge in [-0.2, -0.15) is 11.8 Å². The molecule has 0 aromatic rings. The highest BCUT2D eigenvalue weighted by atomic mass is 32.2. The Hall–Kier alpha value is 0.0200. The van der Waals surface area contributed by atoms with Gasteiger partial charge in [-0.3, -0.25) is 4.79 Å².